The highest BCUT2D eigenvalue weighted by Crippen LogP contribution is 2.45. The molecule has 0 heterocycles. The predicted octanol–water partition coefficient (Wildman–Crippen LogP) is 4.41. The molecule has 1 aliphatic carbocycles. The molecule has 0 fully saturated rings. The number of rotatable bonds is 4. The van der Waals surface area contributed by atoms with Gasteiger partial charge in [0.1, 0.15) is 5.41 Å². The van der Waals surface area contributed by atoms with Crippen molar-refractivity contribution < 1.29 is 28.7 Å². The van der Waals surface area contributed by atoms with E-state index in [0.717, 1.165) is 0 Å². The summed E-state index contributed by atoms with van der Waals surface area (Å²) in [6, 6.07) is 19.6. The third-order valence-electron chi connectivity index (χ3n) is 5.60. The van der Waals surface area contributed by atoms with E-state index in [2.05, 4.69) is 20.1 Å². The number of anilines is 2. The van der Waals surface area contributed by atoms with E-state index >= 15 is 0 Å². The lowest BCUT2D eigenvalue weighted by atomic mass is 9.70. The molecule has 0 unspecified atom stereocenters. The average molecular weight is 444 g/mol. The number of methoxy groups -OCH3 is 2. The quantitative estimate of drug-likeness (QED) is 0.577. The Morgan fingerprint density at radius 3 is 1.33 bits per heavy atom. The fourth-order valence-corrected chi connectivity index (χ4v) is 4.02. The molecule has 2 N–H and O–H groups in total. The van der Waals surface area contributed by atoms with Crippen molar-refractivity contribution in [2.75, 3.05) is 24.9 Å². The number of Topliss-reactive ketones (excluding diaryl/α,β-unsaturated/α-hetero) is 2. The Balaban J connectivity index is 1.83. The van der Waals surface area contributed by atoms with Crippen LogP contribution in [0.3, 0.4) is 0 Å². The van der Waals surface area contributed by atoms with E-state index in [-0.39, 0.29) is 11.6 Å². The van der Waals surface area contributed by atoms with Crippen molar-refractivity contribution in [2.24, 2.45) is 0 Å². The van der Waals surface area contributed by atoms with Gasteiger partial charge in [-0.2, -0.15) is 0 Å². The van der Waals surface area contributed by atoms with Crippen molar-refractivity contribution in [1.82, 2.24) is 0 Å². The molecule has 8 heteroatoms. The lowest BCUT2D eigenvalue weighted by Crippen LogP contribution is -2.39. The number of hydrogen-bond acceptors (Lipinski definition) is 6. The monoisotopic (exact) mass is 444 g/mol. The van der Waals surface area contributed by atoms with Crippen LogP contribution in [0.4, 0.5) is 21.0 Å². The molecule has 0 saturated heterocycles. The average Bonchev–Trinajstić information content (AvgIpc) is 3.07. The zero-order chi connectivity index (χ0) is 23.6. The van der Waals surface area contributed by atoms with Crippen LogP contribution in [0.15, 0.2) is 72.8 Å². The van der Waals surface area contributed by atoms with Gasteiger partial charge in [0, 0.05) is 22.5 Å². The van der Waals surface area contributed by atoms with Crippen molar-refractivity contribution >= 4 is 35.1 Å². The van der Waals surface area contributed by atoms with E-state index in [1.54, 1.807) is 72.8 Å². The first-order valence-corrected chi connectivity index (χ1v) is 10.0. The molecule has 3 aromatic rings. The second kappa shape index (κ2) is 8.58. The standard InChI is InChI=1S/C25H20N2O6/c1-32-23(30)26-17-11-7-15(8-12-17)25(16-9-13-18(14-10-16)27-24(31)33-2)21(28)19-5-3-4-6-20(19)22(25)29/h3-14H,1-2H3,(H,26,30)(H,27,31). The molecule has 0 radical (unpaired) electrons. The first kappa shape index (κ1) is 21.8. The summed E-state index contributed by atoms with van der Waals surface area (Å²) >= 11 is 0. The second-order valence-electron chi connectivity index (χ2n) is 7.34. The van der Waals surface area contributed by atoms with Crippen LogP contribution in [0, 0.1) is 0 Å². The first-order chi connectivity index (χ1) is 15.9. The molecule has 0 saturated carbocycles. The zero-order valence-electron chi connectivity index (χ0n) is 17.9. The van der Waals surface area contributed by atoms with Gasteiger partial charge in [0.05, 0.1) is 14.2 Å². The normalized spacial score (nSPS) is 13.8. The Kier molecular flexibility index (Phi) is 5.66. The lowest BCUT2D eigenvalue weighted by Gasteiger charge is -2.27. The van der Waals surface area contributed by atoms with Gasteiger partial charge in [-0.3, -0.25) is 20.2 Å². The molecular weight excluding hydrogens is 424 g/mol. The Morgan fingerprint density at radius 2 is 1.00 bits per heavy atom. The van der Waals surface area contributed by atoms with Crippen LogP contribution in [0.2, 0.25) is 0 Å². The number of fused-ring (bicyclic) bond motifs is 1. The minimum Gasteiger partial charge on any atom is -0.453 e. The van der Waals surface area contributed by atoms with Crippen molar-refractivity contribution in [3.63, 3.8) is 0 Å². The van der Waals surface area contributed by atoms with Crippen LogP contribution >= 0.6 is 0 Å². The zero-order valence-corrected chi connectivity index (χ0v) is 17.9. The molecule has 1 aliphatic rings. The minimum absolute atomic E-state index is 0.342. The highest BCUT2D eigenvalue weighted by molar-refractivity contribution is 6.35. The summed E-state index contributed by atoms with van der Waals surface area (Å²) in [5, 5.41) is 5.10. The molecule has 0 atom stereocenters. The molecule has 3 aromatic carbocycles. The third-order valence-corrected chi connectivity index (χ3v) is 5.60. The molecule has 0 aromatic heterocycles. The Hall–Kier alpha value is -4.46. The highest BCUT2D eigenvalue weighted by atomic mass is 16.5. The van der Waals surface area contributed by atoms with Crippen LogP contribution in [0.5, 0.6) is 0 Å². The Labute approximate surface area is 189 Å². The van der Waals surface area contributed by atoms with Gasteiger partial charge in [0.25, 0.3) is 0 Å². The van der Waals surface area contributed by atoms with Crippen molar-refractivity contribution in [2.45, 2.75) is 5.41 Å². The van der Waals surface area contributed by atoms with Crippen LogP contribution in [-0.2, 0) is 14.9 Å². The number of carbonyl (C=O) groups is 4. The van der Waals surface area contributed by atoms with Gasteiger partial charge in [0.2, 0.25) is 0 Å². The molecule has 4 rings (SSSR count). The van der Waals surface area contributed by atoms with Gasteiger partial charge in [-0.15, -0.1) is 0 Å². The number of nitrogens with one attached hydrogen (secondary N) is 2. The molecule has 2 amide bonds. The first-order valence-electron chi connectivity index (χ1n) is 10.0. The SMILES string of the molecule is COC(=O)Nc1ccc(C2(c3ccc(NC(=O)OC)cc3)C(=O)c3ccccc3C2=O)cc1. The summed E-state index contributed by atoms with van der Waals surface area (Å²) in [5.41, 5.74) is 0.905. The second-order valence-corrected chi connectivity index (χ2v) is 7.34. The van der Waals surface area contributed by atoms with E-state index in [9.17, 15) is 19.2 Å². The van der Waals surface area contributed by atoms with E-state index < -0.39 is 17.6 Å². The van der Waals surface area contributed by atoms with Crippen LogP contribution in [-0.4, -0.2) is 38.0 Å². The third kappa shape index (κ3) is 3.61. The van der Waals surface area contributed by atoms with E-state index in [0.29, 0.717) is 33.6 Å². The summed E-state index contributed by atoms with van der Waals surface area (Å²) in [7, 11) is 2.51. The molecule has 166 valence electrons. The van der Waals surface area contributed by atoms with Crippen molar-refractivity contribution in [3.8, 4) is 0 Å². The van der Waals surface area contributed by atoms with Crippen molar-refractivity contribution in [3.05, 3.63) is 95.1 Å². The summed E-state index contributed by atoms with van der Waals surface area (Å²) in [6.07, 6.45) is -1.27. The number of ether oxygens (including phenoxy) is 2. The number of carbonyl (C=O) groups excluding carboxylic acids is 4. The summed E-state index contributed by atoms with van der Waals surface area (Å²) < 4.78 is 9.20. The van der Waals surface area contributed by atoms with Crippen LogP contribution in [0.25, 0.3) is 0 Å². The fraction of sp³-hybridized carbons (Fsp3) is 0.120. The van der Waals surface area contributed by atoms with Gasteiger partial charge in [-0.05, 0) is 35.4 Å². The van der Waals surface area contributed by atoms with Crippen molar-refractivity contribution in [1.29, 1.82) is 0 Å². The molecule has 8 nitrogen and oxygen atoms in total. The largest absolute Gasteiger partial charge is 0.453 e. The maximum atomic E-state index is 13.7. The number of ketones is 2. The molecule has 0 aliphatic heterocycles. The molecule has 0 spiro atoms. The smallest absolute Gasteiger partial charge is 0.411 e. The van der Waals surface area contributed by atoms with E-state index in [1.807, 2.05) is 0 Å². The summed E-state index contributed by atoms with van der Waals surface area (Å²) in [4.78, 5) is 50.5. The van der Waals surface area contributed by atoms with E-state index in [4.69, 9.17) is 0 Å². The number of hydrogen-bond donors (Lipinski definition) is 2. The molecular formula is C25H20N2O6. The van der Waals surface area contributed by atoms with Gasteiger partial charge in [-0.1, -0.05) is 48.5 Å². The Bertz CT molecular complexity index is 1150. The minimum atomic E-state index is -1.60. The lowest BCUT2D eigenvalue weighted by molar-refractivity contribution is 0.0829. The fourth-order valence-electron chi connectivity index (χ4n) is 4.02. The topological polar surface area (TPSA) is 111 Å². The number of amides is 2. The van der Waals surface area contributed by atoms with Crippen LogP contribution < -0.4 is 10.6 Å². The van der Waals surface area contributed by atoms with Crippen LogP contribution in [0.1, 0.15) is 31.8 Å². The number of benzene rings is 3. The summed E-state index contributed by atoms with van der Waals surface area (Å²) in [6.45, 7) is 0. The van der Waals surface area contributed by atoms with Gasteiger partial charge in [-0.25, -0.2) is 9.59 Å². The summed E-state index contributed by atoms with van der Waals surface area (Å²) in [5.74, 6) is -0.684. The predicted molar refractivity (Wildman–Crippen MR) is 121 cm³/mol. The van der Waals surface area contributed by atoms with Gasteiger partial charge < -0.3 is 9.47 Å². The molecule has 0 bridgehead atoms. The van der Waals surface area contributed by atoms with Gasteiger partial charge >= 0.3 is 12.2 Å². The Morgan fingerprint density at radius 1 is 0.636 bits per heavy atom. The molecule has 33 heavy (non-hydrogen) atoms. The van der Waals surface area contributed by atoms with Gasteiger partial charge in [0.15, 0.2) is 11.6 Å². The maximum Gasteiger partial charge on any atom is 0.411 e. The van der Waals surface area contributed by atoms with E-state index in [1.165, 1.54) is 14.2 Å². The maximum absolute atomic E-state index is 13.7. The highest BCUT2D eigenvalue weighted by Gasteiger charge is 2.55.